The van der Waals surface area contributed by atoms with Crippen LogP contribution in [0.5, 0.6) is 5.75 Å². The molecule has 3 atom stereocenters. The van der Waals surface area contributed by atoms with Crippen LogP contribution < -0.4 is 15.0 Å². The normalized spacial score (nSPS) is 21.5. The molecule has 0 bridgehead atoms. The molecular weight excluding hydrogens is 421 g/mol. The van der Waals surface area contributed by atoms with Crippen molar-refractivity contribution in [2.24, 2.45) is 0 Å². The number of halogens is 1. The molecule has 0 aliphatic carbocycles. The first kappa shape index (κ1) is 21.4. The van der Waals surface area contributed by atoms with Crippen LogP contribution in [0.15, 0.2) is 72.8 Å². The summed E-state index contributed by atoms with van der Waals surface area (Å²) in [6.07, 6.45) is 0. The van der Waals surface area contributed by atoms with Crippen LogP contribution in [0.2, 0.25) is 0 Å². The van der Waals surface area contributed by atoms with Crippen molar-refractivity contribution in [1.29, 1.82) is 0 Å². The maximum Gasteiger partial charge on any atom is 0.326 e. The molecule has 1 saturated heterocycles. The van der Waals surface area contributed by atoms with E-state index < -0.39 is 0 Å². The zero-order valence-electron chi connectivity index (χ0n) is 18.3. The second-order valence-corrected chi connectivity index (χ2v) is 8.47. The van der Waals surface area contributed by atoms with Crippen LogP contribution >= 0.6 is 0 Å². The number of aliphatic hydroxyl groups excluding tert-OH is 1. The monoisotopic (exact) mass is 447 g/mol. The lowest BCUT2D eigenvalue weighted by Crippen LogP contribution is -2.69. The third kappa shape index (κ3) is 3.94. The second kappa shape index (κ2) is 8.84. The predicted octanol–water partition coefficient (Wildman–Crippen LogP) is 4.22. The van der Waals surface area contributed by atoms with Gasteiger partial charge in [-0.2, -0.15) is 0 Å². The van der Waals surface area contributed by atoms with E-state index in [1.165, 1.54) is 12.1 Å². The third-order valence-electron chi connectivity index (χ3n) is 6.69. The van der Waals surface area contributed by atoms with Gasteiger partial charge in [-0.05, 0) is 53.6 Å². The van der Waals surface area contributed by atoms with Crippen molar-refractivity contribution >= 4 is 17.4 Å². The number of ether oxygens (including phenoxy) is 1. The molecule has 33 heavy (non-hydrogen) atoms. The molecule has 0 saturated carbocycles. The minimum atomic E-state index is -0.349. The Morgan fingerprint density at radius 2 is 1.82 bits per heavy atom. The summed E-state index contributed by atoms with van der Waals surface area (Å²) < 4.78 is 18.5. The molecule has 5 rings (SSSR count). The number of hydrogen-bond donors (Lipinski definition) is 2. The second-order valence-electron chi connectivity index (χ2n) is 8.47. The number of methoxy groups -OCH3 is 1. The van der Waals surface area contributed by atoms with Crippen molar-refractivity contribution < 1.29 is 19.0 Å². The Morgan fingerprint density at radius 1 is 1.09 bits per heavy atom. The molecule has 2 aliphatic rings. The Balaban J connectivity index is 1.41. The molecule has 0 aromatic heterocycles. The first-order chi connectivity index (χ1) is 16.1. The van der Waals surface area contributed by atoms with Crippen LogP contribution in [0.25, 0.3) is 0 Å². The number of likely N-dealkylation sites (tertiary alicyclic amines) is 1. The number of fused-ring (bicyclic) bond motifs is 3. The largest absolute Gasteiger partial charge is 0.497 e. The number of nitrogens with one attached hydrogen (secondary N) is 1. The number of nitrogens with zero attached hydrogens (tertiary/aromatic N) is 2. The van der Waals surface area contributed by atoms with Crippen LogP contribution in [-0.4, -0.2) is 48.4 Å². The summed E-state index contributed by atoms with van der Waals surface area (Å²) in [4.78, 5) is 17.2. The van der Waals surface area contributed by atoms with Gasteiger partial charge in [0.15, 0.2) is 0 Å². The topological polar surface area (TPSA) is 65.0 Å². The van der Waals surface area contributed by atoms with Gasteiger partial charge >= 0.3 is 6.03 Å². The fourth-order valence-electron chi connectivity index (χ4n) is 5.06. The van der Waals surface area contributed by atoms with Gasteiger partial charge in [-0.1, -0.05) is 30.3 Å². The fourth-order valence-corrected chi connectivity index (χ4v) is 5.06. The number of carbonyl (C=O) groups is 1. The lowest BCUT2D eigenvalue weighted by molar-refractivity contribution is -0.0484. The number of urea groups is 1. The molecule has 3 aromatic carbocycles. The minimum Gasteiger partial charge on any atom is -0.497 e. The molecule has 2 aliphatic heterocycles. The Kier molecular flexibility index (Phi) is 5.74. The van der Waals surface area contributed by atoms with Gasteiger partial charge in [0.1, 0.15) is 11.6 Å². The number of hydrogen-bond acceptors (Lipinski definition) is 4. The molecule has 1 fully saturated rings. The van der Waals surface area contributed by atoms with E-state index in [4.69, 9.17) is 4.74 Å². The fraction of sp³-hybridized carbons (Fsp3) is 0.269. The van der Waals surface area contributed by atoms with Gasteiger partial charge in [0.05, 0.1) is 13.7 Å². The lowest BCUT2D eigenvalue weighted by atomic mass is 9.72. The van der Waals surface area contributed by atoms with Gasteiger partial charge in [-0.15, -0.1) is 0 Å². The number of anilines is 2. The summed E-state index contributed by atoms with van der Waals surface area (Å²) in [6, 6.07) is 21.3. The van der Waals surface area contributed by atoms with Crippen molar-refractivity contribution in [3.05, 3.63) is 89.7 Å². The van der Waals surface area contributed by atoms with Gasteiger partial charge in [-0.25, -0.2) is 9.18 Å². The van der Waals surface area contributed by atoms with E-state index in [0.717, 1.165) is 22.6 Å². The maximum absolute atomic E-state index is 13.3. The summed E-state index contributed by atoms with van der Waals surface area (Å²) >= 11 is 0. The smallest absolute Gasteiger partial charge is 0.326 e. The molecule has 0 unspecified atom stereocenters. The van der Waals surface area contributed by atoms with Crippen molar-refractivity contribution in [2.45, 2.75) is 24.5 Å². The standard InChI is InChI=1S/C26H26FN3O3/c1-33-20-12-6-17(7-13-20)14-29-23-15-30(26(32)28-19-10-8-18(27)9-11-19)22-5-3-2-4-21(22)25(23)24(29)16-31/h2-13,23-25,31H,14-16H2,1H3,(H,28,32)/t23-,24+,25+/m0/s1. The molecule has 6 nitrogen and oxygen atoms in total. The number of aliphatic hydroxyl groups is 1. The number of rotatable bonds is 5. The Morgan fingerprint density at radius 3 is 2.52 bits per heavy atom. The van der Waals surface area contributed by atoms with Gasteiger partial charge in [0.25, 0.3) is 0 Å². The molecule has 2 N–H and O–H groups in total. The van der Waals surface area contributed by atoms with Gasteiger partial charge in [-0.3, -0.25) is 9.80 Å². The van der Waals surface area contributed by atoms with E-state index in [1.807, 2.05) is 48.5 Å². The van der Waals surface area contributed by atoms with Crippen molar-refractivity contribution in [3.8, 4) is 5.75 Å². The van der Waals surface area contributed by atoms with E-state index in [0.29, 0.717) is 18.8 Å². The Hall–Kier alpha value is -3.42. The third-order valence-corrected chi connectivity index (χ3v) is 6.69. The molecule has 7 heteroatoms. The van der Waals surface area contributed by atoms with E-state index in [1.54, 1.807) is 24.1 Å². The first-order valence-electron chi connectivity index (χ1n) is 11.0. The summed E-state index contributed by atoms with van der Waals surface area (Å²) in [7, 11) is 1.64. The van der Waals surface area contributed by atoms with Crippen LogP contribution in [-0.2, 0) is 6.54 Å². The lowest BCUT2D eigenvalue weighted by Gasteiger charge is -2.59. The van der Waals surface area contributed by atoms with Gasteiger partial charge in [0.2, 0.25) is 0 Å². The highest BCUT2D eigenvalue weighted by Crippen LogP contribution is 2.48. The number of carbonyl (C=O) groups excluding carboxylic acids is 1. The van der Waals surface area contributed by atoms with Crippen LogP contribution in [0.3, 0.4) is 0 Å². The highest BCUT2D eigenvalue weighted by molar-refractivity contribution is 6.02. The molecule has 3 aromatic rings. The number of para-hydroxylation sites is 1. The van der Waals surface area contributed by atoms with Crippen molar-refractivity contribution in [1.82, 2.24) is 4.90 Å². The number of amides is 2. The molecular formula is C26H26FN3O3. The van der Waals surface area contributed by atoms with Gasteiger partial charge < -0.3 is 15.2 Å². The van der Waals surface area contributed by atoms with Crippen molar-refractivity contribution in [3.63, 3.8) is 0 Å². The highest BCUT2D eigenvalue weighted by Gasteiger charge is 2.53. The van der Waals surface area contributed by atoms with Crippen LogP contribution in [0.4, 0.5) is 20.6 Å². The van der Waals surface area contributed by atoms with E-state index in [2.05, 4.69) is 10.2 Å². The zero-order chi connectivity index (χ0) is 22.9. The van der Waals surface area contributed by atoms with Crippen LogP contribution in [0.1, 0.15) is 17.0 Å². The van der Waals surface area contributed by atoms with Crippen LogP contribution in [0, 0.1) is 5.82 Å². The molecule has 0 radical (unpaired) electrons. The van der Waals surface area contributed by atoms with Gasteiger partial charge in [0, 0.05) is 42.5 Å². The highest BCUT2D eigenvalue weighted by atomic mass is 19.1. The van der Waals surface area contributed by atoms with E-state index in [9.17, 15) is 14.3 Å². The van der Waals surface area contributed by atoms with E-state index in [-0.39, 0.29) is 36.5 Å². The molecule has 2 heterocycles. The average Bonchev–Trinajstić information content (AvgIpc) is 2.84. The maximum atomic E-state index is 13.3. The predicted molar refractivity (Wildman–Crippen MR) is 125 cm³/mol. The average molecular weight is 448 g/mol. The molecule has 170 valence electrons. The number of benzene rings is 3. The summed E-state index contributed by atoms with van der Waals surface area (Å²) in [5, 5.41) is 13.1. The summed E-state index contributed by atoms with van der Waals surface area (Å²) in [5.41, 5.74) is 3.57. The molecule has 2 amide bonds. The first-order valence-corrected chi connectivity index (χ1v) is 11.0. The molecule has 0 spiro atoms. The summed E-state index contributed by atoms with van der Waals surface area (Å²) in [5.74, 6) is 0.603. The SMILES string of the molecule is COc1ccc(CN2[C@H](CO)[C@@H]3c4ccccc4N(C(=O)Nc4ccc(F)cc4)C[C@@H]32)cc1. The Labute approximate surface area is 192 Å². The quantitative estimate of drug-likeness (QED) is 0.615. The van der Waals surface area contributed by atoms with E-state index >= 15 is 0 Å². The zero-order valence-corrected chi connectivity index (χ0v) is 18.3. The minimum absolute atomic E-state index is 0.0134. The Bertz CT molecular complexity index is 1140. The van der Waals surface area contributed by atoms with Crippen molar-refractivity contribution in [2.75, 3.05) is 30.5 Å². The summed E-state index contributed by atoms with van der Waals surface area (Å²) in [6.45, 7) is 1.22.